The number of piperidine rings is 1. The third-order valence-corrected chi connectivity index (χ3v) is 4.83. The van der Waals surface area contributed by atoms with Crippen LogP contribution in [0.25, 0.3) is 0 Å². The van der Waals surface area contributed by atoms with Crippen molar-refractivity contribution < 1.29 is 23.9 Å². The number of carbonyl (C=O) groups excluding carboxylic acids is 3. The van der Waals surface area contributed by atoms with E-state index in [-0.39, 0.29) is 30.9 Å². The molecule has 0 bridgehead atoms. The molecule has 0 saturated carbocycles. The maximum atomic E-state index is 12.1. The van der Waals surface area contributed by atoms with Gasteiger partial charge in [0.15, 0.2) is 13.2 Å². The predicted molar refractivity (Wildman–Crippen MR) is 100 cm³/mol. The number of nitrogens with two attached hydrogens (primary N) is 1. The van der Waals surface area contributed by atoms with Gasteiger partial charge in [-0.15, -0.1) is 0 Å². The summed E-state index contributed by atoms with van der Waals surface area (Å²) in [6.45, 7) is 6.55. The quantitative estimate of drug-likeness (QED) is 0.731. The number of likely N-dealkylation sites (tertiary alicyclic amines) is 1. The molecule has 27 heavy (non-hydrogen) atoms. The van der Waals surface area contributed by atoms with Crippen molar-refractivity contribution in [3.05, 3.63) is 29.3 Å². The molecule has 1 aliphatic rings. The van der Waals surface area contributed by atoms with Crippen LogP contribution in [0.2, 0.25) is 0 Å². The second-order valence-corrected chi connectivity index (χ2v) is 7.18. The Morgan fingerprint density at radius 2 is 1.85 bits per heavy atom. The molecule has 2 N–H and O–H groups in total. The average molecular weight is 376 g/mol. The number of benzene rings is 1. The Labute approximate surface area is 159 Å². The molecule has 1 heterocycles. The van der Waals surface area contributed by atoms with Crippen LogP contribution in [-0.4, -0.2) is 49.0 Å². The molecule has 0 spiro atoms. The van der Waals surface area contributed by atoms with Crippen LogP contribution < -0.4 is 10.5 Å². The van der Waals surface area contributed by atoms with E-state index in [1.165, 1.54) is 5.56 Å². The van der Waals surface area contributed by atoms with Gasteiger partial charge in [0.1, 0.15) is 5.75 Å². The lowest BCUT2D eigenvalue weighted by atomic mass is 9.96. The van der Waals surface area contributed by atoms with E-state index in [9.17, 15) is 14.4 Å². The summed E-state index contributed by atoms with van der Waals surface area (Å²) in [5.41, 5.74) is 7.61. The number of carbonyl (C=O) groups is 3. The molecule has 1 aliphatic heterocycles. The van der Waals surface area contributed by atoms with Crippen molar-refractivity contribution in [2.24, 2.45) is 11.7 Å². The summed E-state index contributed by atoms with van der Waals surface area (Å²) in [6, 6.07) is 5.69. The second kappa shape index (κ2) is 9.39. The lowest BCUT2D eigenvalue weighted by Crippen LogP contribution is -2.43. The third kappa shape index (κ3) is 5.98. The molecule has 0 radical (unpaired) electrons. The summed E-state index contributed by atoms with van der Waals surface area (Å²) in [4.78, 5) is 36.6. The number of rotatable bonds is 7. The summed E-state index contributed by atoms with van der Waals surface area (Å²) in [6.07, 6.45) is 1.09. The Bertz CT molecular complexity index is 694. The van der Waals surface area contributed by atoms with E-state index >= 15 is 0 Å². The van der Waals surface area contributed by atoms with Gasteiger partial charge in [0, 0.05) is 19.0 Å². The normalized spacial score (nSPS) is 14.9. The Balaban J connectivity index is 1.72. The van der Waals surface area contributed by atoms with Gasteiger partial charge in [-0.3, -0.25) is 9.59 Å². The van der Waals surface area contributed by atoms with Crippen molar-refractivity contribution in [3.8, 4) is 5.75 Å². The van der Waals surface area contributed by atoms with Crippen molar-refractivity contribution in [1.82, 2.24) is 4.90 Å². The number of hydrogen-bond donors (Lipinski definition) is 1. The summed E-state index contributed by atoms with van der Waals surface area (Å²) in [5.74, 6) is -0.376. The molecule has 0 unspecified atom stereocenters. The number of amides is 2. The zero-order chi connectivity index (χ0) is 20.0. The molecule has 7 nitrogen and oxygen atoms in total. The van der Waals surface area contributed by atoms with E-state index in [0.717, 1.165) is 5.56 Å². The molecule has 2 rings (SSSR count). The van der Waals surface area contributed by atoms with Crippen molar-refractivity contribution in [2.75, 3.05) is 26.3 Å². The molecule has 1 aromatic carbocycles. The SMILES string of the molecule is Cc1cc(OCC(=O)OCC(=O)N2CCC(C(N)=O)CC2)ccc1C(C)C. The van der Waals surface area contributed by atoms with Crippen LogP contribution in [-0.2, 0) is 19.1 Å². The zero-order valence-electron chi connectivity index (χ0n) is 16.2. The van der Waals surface area contributed by atoms with Gasteiger partial charge in [-0.05, 0) is 48.9 Å². The van der Waals surface area contributed by atoms with Crippen LogP contribution in [0, 0.1) is 12.8 Å². The summed E-state index contributed by atoms with van der Waals surface area (Å²) >= 11 is 0. The van der Waals surface area contributed by atoms with E-state index in [0.29, 0.717) is 37.6 Å². The third-order valence-electron chi connectivity index (χ3n) is 4.83. The van der Waals surface area contributed by atoms with E-state index in [1.54, 1.807) is 4.90 Å². The molecule has 1 aromatic rings. The van der Waals surface area contributed by atoms with Crippen LogP contribution >= 0.6 is 0 Å². The molecule has 0 atom stereocenters. The summed E-state index contributed by atoms with van der Waals surface area (Å²) in [7, 11) is 0. The largest absolute Gasteiger partial charge is 0.482 e. The second-order valence-electron chi connectivity index (χ2n) is 7.18. The minimum Gasteiger partial charge on any atom is -0.482 e. The highest BCUT2D eigenvalue weighted by Gasteiger charge is 2.26. The van der Waals surface area contributed by atoms with Gasteiger partial charge < -0.3 is 20.1 Å². The summed E-state index contributed by atoms with van der Waals surface area (Å²) < 4.78 is 10.4. The van der Waals surface area contributed by atoms with Gasteiger partial charge >= 0.3 is 5.97 Å². The van der Waals surface area contributed by atoms with Crippen molar-refractivity contribution in [1.29, 1.82) is 0 Å². The first-order valence-corrected chi connectivity index (χ1v) is 9.24. The van der Waals surface area contributed by atoms with Crippen LogP contribution in [0.3, 0.4) is 0 Å². The van der Waals surface area contributed by atoms with Gasteiger partial charge in [-0.2, -0.15) is 0 Å². The fourth-order valence-corrected chi connectivity index (χ4v) is 3.22. The first kappa shape index (κ1) is 20.7. The molecule has 148 valence electrons. The molecule has 0 aliphatic carbocycles. The highest BCUT2D eigenvalue weighted by molar-refractivity contribution is 5.82. The van der Waals surface area contributed by atoms with E-state index in [2.05, 4.69) is 13.8 Å². The van der Waals surface area contributed by atoms with Crippen molar-refractivity contribution >= 4 is 17.8 Å². The smallest absolute Gasteiger partial charge is 0.344 e. The molecular formula is C20H28N2O5. The average Bonchev–Trinajstić information content (AvgIpc) is 2.64. The number of aryl methyl sites for hydroxylation is 1. The van der Waals surface area contributed by atoms with E-state index in [1.807, 2.05) is 25.1 Å². The van der Waals surface area contributed by atoms with E-state index < -0.39 is 5.97 Å². The Hall–Kier alpha value is -2.57. The first-order valence-electron chi connectivity index (χ1n) is 9.24. The Kier molecular flexibility index (Phi) is 7.21. The topological polar surface area (TPSA) is 98.9 Å². The van der Waals surface area contributed by atoms with Crippen LogP contribution in [0.4, 0.5) is 0 Å². The zero-order valence-corrected chi connectivity index (χ0v) is 16.2. The first-order chi connectivity index (χ1) is 12.8. The number of nitrogens with zero attached hydrogens (tertiary/aromatic N) is 1. The van der Waals surface area contributed by atoms with Gasteiger partial charge in [0.05, 0.1) is 0 Å². The molecule has 1 fully saturated rings. The van der Waals surface area contributed by atoms with Crippen LogP contribution in [0.15, 0.2) is 18.2 Å². The fourth-order valence-electron chi connectivity index (χ4n) is 3.22. The van der Waals surface area contributed by atoms with Crippen molar-refractivity contribution in [3.63, 3.8) is 0 Å². The minimum atomic E-state index is -0.596. The highest BCUT2D eigenvalue weighted by Crippen LogP contribution is 2.23. The van der Waals surface area contributed by atoms with Gasteiger partial charge in [0.25, 0.3) is 5.91 Å². The monoisotopic (exact) mass is 376 g/mol. The minimum absolute atomic E-state index is 0.185. The predicted octanol–water partition coefficient (Wildman–Crippen LogP) is 1.76. The molecule has 1 saturated heterocycles. The Morgan fingerprint density at radius 3 is 2.41 bits per heavy atom. The number of primary amides is 1. The van der Waals surface area contributed by atoms with Crippen molar-refractivity contribution in [2.45, 2.75) is 39.5 Å². The molecule has 0 aromatic heterocycles. The van der Waals surface area contributed by atoms with Crippen LogP contribution in [0.1, 0.15) is 43.7 Å². The van der Waals surface area contributed by atoms with Gasteiger partial charge in [-0.25, -0.2) is 4.79 Å². The molecular weight excluding hydrogens is 348 g/mol. The maximum absolute atomic E-state index is 12.1. The molecule has 7 heteroatoms. The lowest BCUT2D eigenvalue weighted by Gasteiger charge is -2.30. The number of esters is 1. The Morgan fingerprint density at radius 1 is 1.19 bits per heavy atom. The standard InChI is InChI=1S/C20H28N2O5/c1-13(2)17-5-4-16(10-14(17)3)26-12-19(24)27-11-18(23)22-8-6-15(7-9-22)20(21)25/h4-5,10,13,15H,6-9,11-12H2,1-3H3,(H2,21,25). The maximum Gasteiger partial charge on any atom is 0.344 e. The van der Waals surface area contributed by atoms with Gasteiger partial charge in [0.2, 0.25) is 5.91 Å². The summed E-state index contributed by atoms with van der Waals surface area (Å²) in [5, 5.41) is 0. The molecule has 2 amide bonds. The number of ether oxygens (including phenoxy) is 2. The highest BCUT2D eigenvalue weighted by atomic mass is 16.6. The lowest BCUT2D eigenvalue weighted by molar-refractivity contribution is -0.154. The van der Waals surface area contributed by atoms with Gasteiger partial charge in [-0.1, -0.05) is 19.9 Å². The van der Waals surface area contributed by atoms with Crippen LogP contribution in [0.5, 0.6) is 5.75 Å². The fraction of sp³-hybridized carbons (Fsp3) is 0.550. The number of hydrogen-bond acceptors (Lipinski definition) is 5. The van der Waals surface area contributed by atoms with E-state index in [4.69, 9.17) is 15.2 Å².